The molecular weight excluding hydrogens is 212 g/mol. The van der Waals surface area contributed by atoms with Crippen molar-refractivity contribution >= 4 is 0 Å². The maximum absolute atomic E-state index is 5.41. The third-order valence-electron chi connectivity index (χ3n) is 4.12. The highest BCUT2D eigenvalue weighted by Gasteiger charge is 2.21. The SMILES string of the molecule is CCNCC(C)C(C)N(C)CC1CCOCC1. The molecule has 0 aromatic carbocycles. The Bertz CT molecular complexity index is 193. The van der Waals surface area contributed by atoms with E-state index in [4.69, 9.17) is 4.74 Å². The lowest BCUT2D eigenvalue weighted by Crippen LogP contribution is -2.42. The first kappa shape index (κ1) is 14.9. The van der Waals surface area contributed by atoms with Crippen LogP contribution in [0.1, 0.15) is 33.6 Å². The van der Waals surface area contributed by atoms with Gasteiger partial charge in [0.1, 0.15) is 0 Å². The topological polar surface area (TPSA) is 24.5 Å². The van der Waals surface area contributed by atoms with Crippen molar-refractivity contribution < 1.29 is 4.74 Å². The van der Waals surface area contributed by atoms with E-state index in [0.717, 1.165) is 32.2 Å². The molecule has 2 unspecified atom stereocenters. The van der Waals surface area contributed by atoms with Crippen LogP contribution in [-0.2, 0) is 4.74 Å². The molecule has 0 saturated carbocycles. The fourth-order valence-corrected chi connectivity index (χ4v) is 2.48. The highest BCUT2D eigenvalue weighted by Crippen LogP contribution is 2.18. The summed E-state index contributed by atoms with van der Waals surface area (Å²) in [7, 11) is 2.27. The van der Waals surface area contributed by atoms with Gasteiger partial charge in [-0.2, -0.15) is 0 Å². The van der Waals surface area contributed by atoms with Gasteiger partial charge in [0.25, 0.3) is 0 Å². The normalized spacial score (nSPS) is 21.7. The van der Waals surface area contributed by atoms with Crippen LogP contribution < -0.4 is 5.32 Å². The summed E-state index contributed by atoms with van der Waals surface area (Å²) >= 11 is 0. The summed E-state index contributed by atoms with van der Waals surface area (Å²) in [6.45, 7) is 12.2. The van der Waals surface area contributed by atoms with Crippen molar-refractivity contribution in [2.75, 3.05) is 39.9 Å². The van der Waals surface area contributed by atoms with Crippen molar-refractivity contribution in [1.29, 1.82) is 0 Å². The Labute approximate surface area is 107 Å². The van der Waals surface area contributed by atoms with Crippen LogP contribution in [0.2, 0.25) is 0 Å². The minimum atomic E-state index is 0.650. The van der Waals surface area contributed by atoms with Crippen molar-refractivity contribution in [1.82, 2.24) is 10.2 Å². The van der Waals surface area contributed by atoms with Gasteiger partial charge in [-0.05, 0) is 51.7 Å². The molecule has 0 aromatic heterocycles. The van der Waals surface area contributed by atoms with Crippen LogP contribution in [0, 0.1) is 11.8 Å². The second-order valence-electron chi connectivity index (χ2n) is 5.52. The number of nitrogens with one attached hydrogen (secondary N) is 1. The van der Waals surface area contributed by atoms with Gasteiger partial charge in [-0.15, -0.1) is 0 Å². The van der Waals surface area contributed by atoms with Crippen molar-refractivity contribution in [2.24, 2.45) is 11.8 Å². The maximum Gasteiger partial charge on any atom is 0.0469 e. The highest BCUT2D eigenvalue weighted by molar-refractivity contribution is 4.75. The van der Waals surface area contributed by atoms with Crippen molar-refractivity contribution in [3.8, 4) is 0 Å². The second-order valence-corrected chi connectivity index (χ2v) is 5.52. The van der Waals surface area contributed by atoms with E-state index >= 15 is 0 Å². The molecule has 1 rings (SSSR count). The summed E-state index contributed by atoms with van der Waals surface area (Å²) in [5, 5.41) is 3.44. The van der Waals surface area contributed by atoms with Crippen LogP contribution >= 0.6 is 0 Å². The lowest BCUT2D eigenvalue weighted by atomic mass is 9.97. The van der Waals surface area contributed by atoms with Gasteiger partial charge in [0, 0.05) is 25.8 Å². The summed E-state index contributed by atoms with van der Waals surface area (Å²) in [6.07, 6.45) is 2.47. The van der Waals surface area contributed by atoms with Crippen molar-refractivity contribution in [3.05, 3.63) is 0 Å². The van der Waals surface area contributed by atoms with Crippen molar-refractivity contribution in [2.45, 2.75) is 39.7 Å². The summed E-state index contributed by atoms with van der Waals surface area (Å²) in [4.78, 5) is 2.53. The first-order chi connectivity index (χ1) is 8.15. The Kier molecular flexibility index (Phi) is 7.09. The molecule has 3 nitrogen and oxygen atoms in total. The summed E-state index contributed by atoms with van der Waals surface area (Å²) in [5.74, 6) is 1.54. The molecule has 0 bridgehead atoms. The third-order valence-corrected chi connectivity index (χ3v) is 4.12. The number of ether oxygens (including phenoxy) is 1. The molecule has 0 radical (unpaired) electrons. The van der Waals surface area contributed by atoms with E-state index in [9.17, 15) is 0 Å². The van der Waals surface area contributed by atoms with Crippen LogP contribution in [0.15, 0.2) is 0 Å². The molecule has 1 heterocycles. The van der Waals surface area contributed by atoms with E-state index in [1.807, 2.05) is 0 Å². The van der Waals surface area contributed by atoms with E-state index in [0.29, 0.717) is 12.0 Å². The smallest absolute Gasteiger partial charge is 0.0469 e. The zero-order valence-corrected chi connectivity index (χ0v) is 12.0. The minimum absolute atomic E-state index is 0.650. The van der Waals surface area contributed by atoms with Gasteiger partial charge in [0.2, 0.25) is 0 Å². The van der Waals surface area contributed by atoms with Crippen LogP contribution in [0.4, 0.5) is 0 Å². The van der Waals surface area contributed by atoms with Crippen LogP contribution in [-0.4, -0.2) is 50.8 Å². The maximum atomic E-state index is 5.41. The molecule has 2 atom stereocenters. The van der Waals surface area contributed by atoms with Gasteiger partial charge in [0.05, 0.1) is 0 Å². The third kappa shape index (κ3) is 5.36. The van der Waals surface area contributed by atoms with E-state index < -0.39 is 0 Å². The van der Waals surface area contributed by atoms with Gasteiger partial charge in [-0.1, -0.05) is 13.8 Å². The second kappa shape index (κ2) is 8.06. The monoisotopic (exact) mass is 242 g/mol. The fraction of sp³-hybridized carbons (Fsp3) is 1.00. The van der Waals surface area contributed by atoms with E-state index in [-0.39, 0.29) is 0 Å². The van der Waals surface area contributed by atoms with Gasteiger partial charge in [0.15, 0.2) is 0 Å². The lowest BCUT2D eigenvalue weighted by Gasteiger charge is -2.34. The van der Waals surface area contributed by atoms with Crippen molar-refractivity contribution in [3.63, 3.8) is 0 Å². The average molecular weight is 242 g/mol. The molecule has 17 heavy (non-hydrogen) atoms. The van der Waals surface area contributed by atoms with E-state index in [2.05, 4.69) is 38.0 Å². The van der Waals surface area contributed by atoms with Gasteiger partial charge < -0.3 is 15.0 Å². The number of hydrogen-bond acceptors (Lipinski definition) is 3. The molecule has 0 aliphatic carbocycles. The zero-order chi connectivity index (χ0) is 12.7. The van der Waals surface area contributed by atoms with Crippen LogP contribution in [0.25, 0.3) is 0 Å². The Balaban J connectivity index is 2.26. The molecule has 0 aromatic rings. The quantitative estimate of drug-likeness (QED) is 0.739. The summed E-state index contributed by atoms with van der Waals surface area (Å²) < 4.78 is 5.41. The van der Waals surface area contributed by atoms with Crippen LogP contribution in [0.5, 0.6) is 0 Å². The number of rotatable bonds is 7. The fourth-order valence-electron chi connectivity index (χ4n) is 2.48. The molecule has 102 valence electrons. The largest absolute Gasteiger partial charge is 0.381 e. The summed E-state index contributed by atoms with van der Waals surface area (Å²) in [5.41, 5.74) is 0. The molecular formula is C14H30N2O. The first-order valence-electron chi connectivity index (χ1n) is 7.13. The predicted molar refractivity (Wildman–Crippen MR) is 73.3 cm³/mol. The number of nitrogens with zero attached hydrogens (tertiary/aromatic N) is 1. The molecule has 1 fully saturated rings. The molecule has 0 amide bonds. The Morgan fingerprint density at radius 1 is 1.29 bits per heavy atom. The van der Waals surface area contributed by atoms with Gasteiger partial charge in [-0.25, -0.2) is 0 Å². The Morgan fingerprint density at radius 2 is 1.94 bits per heavy atom. The lowest BCUT2D eigenvalue weighted by molar-refractivity contribution is 0.0476. The Hall–Kier alpha value is -0.120. The van der Waals surface area contributed by atoms with E-state index in [1.165, 1.54) is 19.4 Å². The average Bonchev–Trinajstić information content (AvgIpc) is 2.36. The first-order valence-corrected chi connectivity index (χ1v) is 7.13. The standard InChI is InChI=1S/C14H30N2O/c1-5-15-10-12(2)13(3)16(4)11-14-6-8-17-9-7-14/h12-15H,5-11H2,1-4H3. The Morgan fingerprint density at radius 3 is 2.53 bits per heavy atom. The molecule has 1 saturated heterocycles. The molecule has 0 spiro atoms. The highest BCUT2D eigenvalue weighted by atomic mass is 16.5. The molecule has 1 N–H and O–H groups in total. The zero-order valence-electron chi connectivity index (χ0n) is 12.0. The van der Waals surface area contributed by atoms with E-state index in [1.54, 1.807) is 0 Å². The molecule has 1 aliphatic rings. The molecule has 1 aliphatic heterocycles. The van der Waals surface area contributed by atoms with Gasteiger partial charge in [-0.3, -0.25) is 0 Å². The van der Waals surface area contributed by atoms with Crippen LogP contribution in [0.3, 0.4) is 0 Å². The number of hydrogen-bond donors (Lipinski definition) is 1. The molecule has 3 heteroatoms. The summed E-state index contributed by atoms with van der Waals surface area (Å²) in [6, 6.07) is 0.650. The predicted octanol–water partition coefficient (Wildman–Crippen LogP) is 1.98. The van der Waals surface area contributed by atoms with Gasteiger partial charge >= 0.3 is 0 Å². The minimum Gasteiger partial charge on any atom is -0.381 e.